The van der Waals surface area contributed by atoms with Gasteiger partial charge in [-0.1, -0.05) is 30.4 Å². The van der Waals surface area contributed by atoms with Gasteiger partial charge in [-0.05, 0) is 25.5 Å². The van der Waals surface area contributed by atoms with Gasteiger partial charge in [0.25, 0.3) is 0 Å². The molecule has 0 fully saturated rings. The molecule has 0 radical (unpaired) electrons. The van der Waals surface area contributed by atoms with Crippen LogP contribution in [0.3, 0.4) is 0 Å². The summed E-state index contributed by atoms with van der Waals surface area (Å²) >= 11 is 0. The number of nitrogens with one attached hydrogen (secondary N) is 1. The number of pyridine rings is 1. The molecule has 0 bridgehead atoms. The van der Waals surface area contributed by atoms with E-state index in [0.717, 1.165) is 22.3 Å². The first-order valence-corrected chi connectivity index (χ1v) is 6.67. The third-order valence-corrected chi connectivity index (χ3v) is 3.59. The van der Waals surface area contributed by atoms with Gasteiger partial charge >= 0.3 is 5.97 Å². The van der Waals surface area contributed by atoms with E-state index in [-0.39, 0.29) is 12.0 Å². The van der Waals surface area contributed by atoms with Gasteiger partial charge in [0.1, 0.15) is 0 Å². The lowest BCUT2D eigenvalue weighted by Gasteiger charge is -2.16. The second kappa shape index (κ2) is 4.96. The van der Waals surface area contributed by atoms with Crippen LogP contribution >= 0.6 is 0 Å². The fraction of sp³-hybridized carbons (Fsp3) is 0.250. The number of anilines is 1. The summed E-state index contributed by atoms with van der Waals surface area (Å²) in [7, 11) is 0. The average Bonchev–Trinajstić information content (AvgIpc) is 2.87. The molecule has 0 spiro atoms. The molecule has 2 atom stereocenters. The number of aliphatic carboxylic acids is 1. The van der Waals surface area contributed by atoms with Gasteiger partial charge in [-0.3, -0.25) is 9.78 Å². The summed E-state index contributed by atoms with van der Waals surface area (Å²) in [5.74, 6) is -1.15. The number of aryl methyl sites for hydroxylation is 1. The van der Waals surface area contributed by atoms with E-state index >= 15 is 0 Å². The summed E-state index contributed by atoms with van der Waals surface area (Å²) in [4.78, 5) is 15.5. The van der Waals surface area contributed by atoms with Crippen molar-refractivity contribution < 1.29 is 9.90 Å². The van der Waals surface area contributed by atoms with Crippen LogP contribution < -0.4 is 5.32 Å². The third-order valence-electron chi connectivity index (χ3n) is 3.59. The molecule has 4 heteroatoms. The molecule has 1 aromatic carbocycles. The molecule has 3 rings (SSSR count). The lowest BCUT2D eigenvalue weighted by atomic mass is 10.1. The largest absolute Gasteiger partial charge is 0.481 e. The highest BCUT2D eigenvalue weighted by Crippen LogP contribution is 2.27. The Labute approximate surface area is 117 Å². The summed E-state index contributed by atoms with van der Waals surface area (Å²) in [6.07, 6.45) is 4.28. The number of carbonyl (C=O) groups is 1. The van der Waals surface area contributed by atoms with Gasteiger partial charge in [0.2, 0.25) is 0 Å². The van der Waals surface area contributed by atoms with Crippen LogP contribution in [0, 0.1) is 12.8 Å². The van der Waals surface area contributed by atoms with Crippen molar-refractivity contribution >= 4 is 22.6 Å². The fourth-order valence-corrected chi connectivity index (χ4v) is 2.62. The van der Waals surface area contributed by atoms with Gasteiger partial charge in [0.05, 0.1) is 11.4 Å². The molecule has 2 N–H and O–H groups in total. The molecule has 20 heavy (non-hydrogen) atoms. The maximum absolute atomic E-state index is 11.0. The number of para-hydroxylation sites is 1. The Morgan fingerprint density at radius 1 is 1.35 bits per heavy atom. The summed E-state index contributed by atoms with van der Waals surface area (Å²) in [5, 5.41) is 13.5. The second-order valence-corrected chi connectivity index (χ2v) is 5.14. The van der Waals surface area contributed by atoms with Crippen molar-refractivity contribution in [1.29, 1.82) is 0 Å². The molecule has 1 heterocycles. The summed E-state index contributed by atoms with van der Waals surface area (Å²) in [6, 6.07) is 10.0. The number of hydrogen-bond donors (Lipinski definition) is 2. The maximum atomic E-state index is 11.0. The predicted molar refractivity (Wildman–Crippen MR) is 78.8 cm³/mol. The molecule has 2 unspecified atom stereocenters. The fourth-order valence-electron chi connectivity index (χ4n) is 2.62. The monoisotopic (exact) mass is 268 g/mol. The van der Waals surface area contributed by atoms with Crippen LogP contribution in [0.5, 0.6) is 0 Å². The zero-order chi connectivity index (χ0) is 14.1. The van der Waals surface area contributed by atoms with Crippen LogP contribution in [-0.4, -0.2) is 22.1 Å². The van der Waals surface area contributed by atoms with E-state index in [9.17, 15) is 4.79 Å². The maximum Gasteiger partial charge on any atom is 0.310 e. The Morgan fingerprint density at radius 3 is 2.90 bits per heavy atom. The molecular formula is C16H16N2O2. The highest BCUT2D eigenvalue weighted by atomic mass is 16.4. The molecule has 2 aromatic rings. The Hall–Kier alpha value is -2.36. The van der Waals surface area contributed by atoms with Gasteiger partial charge in [-0.15, -0.1) is 0 Å². The Kier molecular flexibility index (Phi) is 3.14. The number of carboxylic acids is 1. The molecule has 102 valence electrons. The van der Waals surface area contributed by atoms with Crippen LogP contribution in [0.1, 0.15) is 12.1 Å². The molecular weight excluding hydrogens is 252 g/mol. The summed E-state index contributed by atoms with van der Waals surface area (Å²) < 4.78 is 0. The van der Waals surface area contributed by atoms with Crippen molar-refractivity contribution in [2.45, 2.75) is 19.4 Å². The molecule has 0 amide bonds. The zero-order valence-corrected chi connectivity index (χ0v) is 11.2. The topological polar surface area (TPSA) is 62.2 Å². The van der Waals surface area contributed by atoms with Gasteiger partial charge in [-0.2, -0.15) is 0 Å². The Bertz CT molecular complexity index is 694. The quantitative estimate of drug-likeness (QED) is 0.840. The first-order chi connectivity index (χ1) is 9.63. The van der Waals surface area contributed by atoms with Crippen molar-refractivity contribution in [3.05, 3.63) is 48.2 Å². The molecule has 1 aliphatic rings. The van der Waals surface area contributed by atoms with Crippen LogP contribution in [0.15, 0.2) is 42.5 Å². The van der Waals surface area contributed by atoms with Gasteiger partial charge in [0, 0.05) is 22.8 Å². The summed E-state index contributed by atoms with van der Waals surface area (Å²) in [5.41, 5.74) is 2.91. The van der Waals surface area contributed by atoms with Crippen molar-refractivity contribution in [2.75, 3.05) is 5.32 Å². The first-order valence-electron chi connectivity index (χ1n) is 6.67. The van der Waals surface area contributed by atoms with Gasteiger partial charge in [0.15, 0.2) is 0 Å². The van der Waals surface area contributed by atoms with E-state index < -0.39 is 5.97 Å². The van der Waals surface area contributed by atoms with Crippen LogP contribution in [-0.2, 0) is 4.79 Å². The van der Waals surface area contributed by atoms with E-state index in [1.807, 2.05) is 43.3 Å². The molecule has 1 aromatic heterocycles. The number of carboxylic acid groups (broad SMARTS) is 1. The Balaban J connectivity index is 1.88. The lowest BCUT2D eigenvalue weighted by Crippen LogP contribution is -2.19. The number of fused-ring (bicyclic) bond motifs is 1. The van der Waals surface area contributed by atoms with E-state index in [2.05, 4.69) is 10.3 Å². The SMILES string of the molecule is Cc1cc(NC2C=CC(C(=O)O)C2)c2ccccc2n1. The number of rotatable bonds is 3. The number of nitrogens with zero attached hydrogens (tertiary/aromatic N) is 1. The normalized spacial score (nSPS) is 21.2. The van der Waals surface area contributed by atoms with Crippen molar-refractivity contribution in [1.82, 2.24) is 4.98 Å². The van der Waals surface area contributed by atoms with E-state index in [1.165, 1.54) is 0 Å². The van der Waals surface area contributed by atoms with Crippen molar-refractivity contribution in [3.63, 3.8) is 0 Å². The first kappa shape index (κ1) is 12.7. The zero-order valence-electron chi connectivity index (χ0n) is 11.2. The van der Waals surface area contributed by atoms with Gasteiger partial charge in [-0.25, -0.2) is 0 Å². The molecule has 1 aliphatic carbocycles. The van der Waals surface area contributed by atoms with Crippen molar-refractivity contribution in [3.8, 4) is 0 Å². The molecule has 0 saturated heterocycles. The Morgan fingerprint density at radius 2 is 2.15 bits per heavy atom. The average molecular weight is 268 g/mol. The van der Waals surface area contributed by atoms with Crippen LogP contribution in [0.25, 0.3) is 10.9 Å². The number of benzene rings is 1. The minimum absolute atomic E-state index is 0.0568. The summed E-state index contributed by atoms with van der Waals surface area (Å²) in [6.45, 7) is 1.96. The number of aromatic nitrogens is 1. The molecule has 0 aliphatic heterocycles. The molecule has 0 saturated carbocycles. The highest BCUT2D eigenvalue weighted by molar-refractivity contribution is 5.91. The predicted octanol–water partition coefficient (Wildman–Crippen LogP) is 2.98. The lowest BCUT2D eigenvalue weighted by molar-refractivity contribution is -0.140. The second-order valence-electron chi connectivity index (χ2n) is 5.14. The van der Waals surface area contributed by atoms with Gasteiger partial charge < -0.3 is 10.4 Å². The third kappa shape index (κ3) is 2.37. The van der Waals surface area contributed by atoms with Crippen molar-refractivity contribution in [2.24, 2.45) is 5.92 Å². The van der Waals surface area contributed by atoms with E-state index in [0.29, 0.717) is 6.42 Å². The van der Waals surface area contributed by atoms with E-state index in [4.69, 9.17) is 5.11 Å². The standard InChI is InChI=1S/C16H16N2O2/c1-10-8-15(13-4-2-3-5-14(13)17-10)18-12-7-6-11(9-12)16(19)20/h2-8,11-12H,9H2,1H3,(H,17,18)(H,19,20). The molecule has 4 nitrogen and oxygen atoms in total. The minimum Gasteiger partial charge on any atom is -0.481 e. The highest BCUT2D eigenvalue weighted by Gasteiger charge is 2.24. The van der Waals surface area contributed by atoms with E-state index in [1.54, 1.807) is 6.08 Å². The smallest absolute Gasteiger partial charge is 0.310 e. The van der Waals surface area contributed by atoms with Crippen LogP contribution in [0.4, 0.5) is 5.69 Å². The van der Waals surface area contributed by atoms with Crippen LogP contribution in [0.2, 0.25) is 0 Å². The minimum atomic E-state index is -0.763. The number of hydrogen-bond acceptors (Lipinski definition) is 3.